The van der Waals surface area contributed by atoms with Crippen LogP contribution in [0.1, 0.15) is 5.56 Å². The molecule has 0 aliphatic carbocycles. The highest BCUT2D eigenvalue weighted by molar-refractivity contribution is 5.65. The van der Waals surface area contributed by atoms with Crippen LogP contribution in [0.5, 0.6) is 5.75 Å². The molecule has 1 aromatic heterocycles. The summed E-state index contributed by atoms with van der Waals surface area (Å²) in [4.78, 5) is 11.5. The molecule has 0 saturated carbocycles. The Bertz CT molecular complexity index is 690. The van der Waals surface area contributed by atoms with Crippen LogP contribution in [0.3, 0.4) is 0 Å². The van der Waals surface area contributed by atoms with E-state index in [0.717, 1.165) is 0 Å². The molecule has 1 aromatic carbocycles. The van der Waals surface area contributed by atoms with Crippen molar-refractivity contribution in [2.45, 2.75) is 13.3 Å². The average Bonchev–Trinajstić information content (AvgIpc) is 2.34. The van der Waals surface area contributed by atoms with Gasteiger partial charge in [-0.05, 0) is 35.7 Å². The minimum atomic E-state index is -4.74. The van der Waals surface area contributed by atoms with Gasteiger partial charge < -0.3 is 9.30 Å². The topological polar surface area (TPSA) is 31.2 Å². The van der Waals surface area contributed by atoms with Crippen molar-refractivity contribution in [1.29, 1.82) is 0 Å². The number of aryl methyl sites for hydroxylation is 2. The number of alkyl halides is 3. The summed E-state index contributed by atoms with van der Waals surface area (Å²) in [6, 6.07) is 7.46. The van der Waals surface area contributed by atoms with Crippen molar-refractivity contribution < 1.29 is 17.9 Å². The van der Waals surface area contributed by atoms with Gasteiger partial charge in [-0.1, -0.05) is 12.1 Å². The zero-order valence-corrected chi connectivity index (χ0v) is 10.9. The Labute approximate surface area is 113 Å². The zero-order valence-electron chi connectivity index (χ0n) is 10.9. The molecule has 0 bridgehead atoms. The summed E-state index contributed by atoms with van der Waals surface area (Å²) in [5.74, 6) is -0.268. The van der Waals surface area contributed by atoms with Crippen molar-refractivity contribution in [2.24, 2.45) is 7.05 Å². The number of aromatic nitrogens is 1. The first-order valence-corrected chi connectivity index (χ1v) is 5.80. The van der Waals surface area contributed by atoms with Gasteiger partial charge in [0.25, 0.3) is 5.56 Å². The molecule has 3 nitrogen and oxygen atoms in total. The molecule has 0 unspecified atom stereocenters. The predicted octanol–water partition coefficient (Wildman–Crippen LogP) is 3.26. The smallest absolute Gasteiger partial charge is 0.405 e. The largest absolute Gasteiger partial charge is 0.573 e. The summed E-state index contributed by atoms with van der Waals surface area (Å²) in [6.45, 7) is 1.52. The standard InChI is InChI=1S/C14H12F3NO2/c1-9-3-4-10(7-12(9)20-14(15,16)17)11-5-6-18(2)13(19)8-11/h3-8H,1-2H3. The van der Waals surface area contributed by atoms with Crippen LogP contribution in [0.4, 0.5) is 13.2 Å². The molecule has 6 heteroatoms. The second-order valence-corrected chi connectivity index (χ2v) is 4.39. The van der Waals surface area contributed by atoms with E-state index in [1.807, 2.05) is 0 Å². The molecule has 0 fully saturated rings. The summed E-state index contributed by atoms with van der Waals surface area (Å²) in [7, 11) is 1.60. The third-order valence-electron chi connectivity index (χ3n) is 2.85. The number of nitrogens with zero attached hydrogens (tertiary/aromatic N) is 1. The first-order valence-electron chi connectivity index (χ1n) is 5.80. The molecular formula is C14H12F3NO2. The average molecular weight is 283 g/mol. The van der Waals surface area contributed by atoms with Gasteiger partial charge in [0.1, 0.15) is 5.75 Å². The van der Waals surface area contributed by atoms with Gasteiger partial charge in [0.15, 0.2) is 0 Å². The predicted molar refractivity (Wildman–Crippen MR) is 68.5 cm³/mol. The second kappa shape index (κ2) is 5.03. The van der Waals surface area contributed by atoms with Crippen LogP contribution >= 0.6 is 0 Å². The molecule has 1 heterocycles. The van der Waals surface area contributed by atoms with Crippen LogP contribution in [0.2, 0.25) is 0 Å². The maximum atomic E-state index is 12.3. The Hall–Kier alpha value is -2.24. The maximum absolute atomic E-state index is 12.3. The summed E-state index contributed by atoms with van der Waals surface area (Å²) in [5, 5.41) is 0. The van der Waals surface area contributed by atoms with E-state index >= 15 is 0 Å². The molecule has 0 radical (unpaired) electrons. The lowest BCUT2D eigenvalue weighted by Gasteiger charge is -2.13. The van der Waals surface area contributed by atoms with E-state index < -0.39 is 6.36 Å². The molecule has 106 valence electrons. The van der Waals surface area contributed by atoms with E-state index in [2.05, 4.69) is 4.74 Å². The number of pyridine rings is 1. The molecule has 0 saturated heterocycles. The fourth-order valence-electron chi connectivity index (χ4n) is 1.74. The summed E-state index contributed by atoms with van der Waals surface area (Å²) >= 11 is 0. The molecule has 0 aliphatic rings. The molecule has 0 amide bonds. The van der Waals surface area contributed by atoms with E-state index in [1.54, 1.807) is 25.4 Å². The molecule has 20 heavy (non-hydrogen) atoms. The Morgan fingerprint density at radius 3 is 2.35 bits per heavy atom. The Balaban J connectivity index is 2.45. The van der Waals surface area contributed by atoms with Crippen LogP contribution in [0.25, 0.3) is 11.1 Å². The third-order valence-corrected chi connectivity index (χ3v) is 2.85. The van der Waals surface area contributed by atoms with Crippen molar-refractivity contribution in [3.63, 3.8) is 0 Å². The Kier molecular flexibility index (Phi) is 3.57. The molecule has 2 aromatic rings. The fraction of sp³-hybridized carbons (Fsp3) is 0.214. The van der Waals surface area contributed by atoms with Crippen LogP contribution < -0.4 is 10.3 Å². The van der Waals surface area contributed by atoms with Gasteiger partial charge in [0.2, 0.25) is 0 Å². The van der Waals surface area contributed by atoms with Gasteiger partial charge in [-0.15, -0.1) is 13.2 Å². The Morgan fingerprint density at radius 2 is 1.75 bits per heavy atom. The summed E-state index contributed by atoms with van der Waals surface area (Å²) < 4.78 is 42.2. The van der Waals surface area contributed by atoms with Gasteiger partial charge in [0, 0.05) is 19.3 Å². The minimum Gasteiger partial charge on any atom is -0.405 e. The molecule has 2 rings (SSSR count). The number of rotatable bonds is 2. The van der Waals surface area contributed by atoms with Crippen LogP contribution in [-0.4, -0.2) is 10.9 Å². The highest BCUT2D eigenvalue weighted by atomic mass is 19.4. The van der Waals surface area contributed by atoms with Gasteiger partial charge >= 0.3 is 6.36 Å². The Morgan fingerprint density at radius 1 is 1.10 bits per heavy atom. The first kappa shape index (κ1) is 14.2. The van der Waals surface area contributed by atoms with Crippen LogP contribution in [0.15, 0.2) is 41.3 Å². The molecule has 0 spiro atoms. The maximum Gasteiger partial charge on any atom is 0.573 e. The highest BCUT2D eigenvalue weighted by Gasteiger charge is 2.31. The van der Waals surface area contributed by atoms with E-state index in [4.69, 9.17) is 0 Å². The molecule has 0 aliphatic heterocycles. The number of benzene rings is 1. The van der Waals surface area contributed by atoms with Gasteiger partial charge in [0.05, 0.1) is 0 Å². The summed E-state index contributed by atoms with van der Waals surface area (Å²) in [6.07, 6.45) is -3.18. The van der Waals surface area contributed by atoms with E-state index in [-0.39, 0.29) is 11.3 Å². The fourth-order valence-corrected chi connectivity index (χ4v) is 1.74. The lowest BCUT2D eigenvalue weighted by Crippen LogP contribution is -2.18. The second-order valence-electron chi connectivity index (χ2n) is 4.39. The third kappa shape index (κ3) is 3.20. The number of hydrogen-bond acceptors (Lipinski definition) is 2. The molecular weight excluding hydrogens is 271 g/mol. The van der Waals surface area contributed by atoms with Crippen LogP contribution in [0, 0.1) is 6.92 Å². The normalized spacial score (nSPS) is 11.4. The highest BCUT2D eigenvalue weighted by Crippen LogP contribution is 2.30. The monoisotopic (exact) mass is 283 g/mol. The quantitative estimate of drug-likeness (QED) is 0.847. The van der Waals surface area contributed by atoms with E-state index in [0.29, 0.717) is 16.7 Å². The lowest BCUT2D eigenvalue weighted by molar-refractivity contribution is -0.274. The van der Waals surface area contributed by atoms with Crippen molar-refractivity contribution in [3.05, 3.63) is 52.4 Å². The molecule has 0 N–H and O–H groups in total. The lowest BCUT2D eigenvalue weighted by atomic mass is 10.0. The number of ether oxygens (including phenoxy) is 1. The van der Waals surface area contributed by atoms with Gasteiger partial charge in [-0.25, -0.2) is 0 Å². The van der Waals surface area contributed by atoms with Gasteiger partial charge in [-0.2, -0.15) is 0 Å². The van der Waals surface area contributed by atoms with Crippen molar-refractivity contribution in [2.75, 3.05) is 0 Å². The number of halogens is 3. The van der Waals surface area contributed by atoms with E-state index in [9.17, 15) is 18.0 Å². The summed E-state index contributed by atoms with van der Waals surface area (Å²) in [5.41, 5.74) is 1.17. The minimum absolute atomic E-state index is 0.235. The van der Waals surface area contributed by atoms with Crippen LogP contribution in [-0.2, 0) is 7.05 Å². The van der Waals surface area contributed by atoms with Crippen molar-refractivity contribution in [3.8, 4) is 16.9 Å². The van der Waals surface area contributed by atoms with E-state index in [1.165, 1.54) is 29.7 Å². The van der Waals surface area contributed by atoms with Crippen molar-refractivity contribution >= 4 is 0 Å². The zero-order chi connectivity index (χ0) is 14.9. The first-order chi connectivity index (χ1) is 9.26. The van der Waals surface area contributed by atoms with Gasteiger partial charge in [-0.3, -0.25) is 4.79 Å². The van der Waals surface area contributed by atoms with Crippen molar-refractivity contribution in [1.82, 2.24) is 4.57 Å². The number of hydrogen-bond donors (Lipinski definition) is 0. The molecule has 0 atom stereocenters. The SMILES string of the molecule is Cc1ccc(-c2ccn(C)c(=O)c2)cc1OC(F)(F)F.